The lowest BCUT2D eigenvalue weighted by Gasteiger charge is -2.42. The Kier molecular flexibility index (Phi) is 4.84. The maximum absolute atomic E-state index is 10.8. The molecule has 1 fully saturated rings. The molecule has 2 nitrogen and oxygen atoms in total. The number of hydrogen-bond donors (Lipinski definition) is 0. The molecular formula is C13H25ClO2Si. The summed E-state index contributed by atoms with van der Waals surface area (Å²) in [6.07, 6.45) is 3.78. The van der Waals surface area contributed by atoms with E-state index in [4.69, 9.17) is 16.0 Å². The molecule has 1 rings (SSSR count). The summed E-state index contributed by atoms with van der Waals surface area (Å²) < 4.78 is 6.34. The van der Waals surface area contributed by atoms with Crippen LogP contribution in [0.4, 0.5) is 0 Å². The molecule has 3 unspecified atom stereocenters. The van der Waals surface area contributed by atoms with Crippen LogP contribution in [0.3, 0.4) is 0 Å². The summed E-state index contributed by atoms with van der Waals surface area (Å²) in [4.78, 5) is 10.8. The number of aldehydes is 1. The third kappa shape index (κ3) is 3.80. The highest BCUT2D eigenvalue weighted by Gasteiger charge is 2.41. The molecular weight excluding hydrogens is 252 g/mol. The first-order valence-electron chi connectivity index (χ1n) is 6.44. The second-order valence-electron chi connectivity index (χ2n) is 6.64. The average Bonchev–Trinajstić information content (AvgIpc) is 2.19. The molecule has 0 heterocycles. The van der Waals surface area contributed by atoms with Crippen molar-refractivity contribution in [3.05, 3.63) is 0 Å². The van der Waals surface area contributed by atoms with E-state index in [1.54, 1.807) is 0 Å². The standard InChI is InChI=1S/C13H25ClO2Si/c1-13(2,3)17(4,5)16-12-7-6-10(9-15)8-11(12)14/h9-12H,6-8H2,1-5H3. The van der Waals surface area contributed by atoms with Gasteiger partial charge in [0.25, 0.3) is 0 Å². The van der Waals surface area contributed by atoms with E-state index < -0.39 is 8.32 Å². The molecule has 1 saturated carbocycles. The van der Waals surface area contributed by atoms with Crippen LogP contribution in [0.5, 0.6) is 0 Å². The lowest BCUT2D eigenvalue weighted by molar-refractivity contribution is -0.112. The van der Waals surface area contributed by atoms with Gasteiger partial charge in [-0.15, -0.1) is 11.6 Å². The number of hydrogen-bond acceptors (Lipinski definition) is 2. The normalized spacial score (nSPS) is 31.3. The second kappa shape index (κ2) is 5.41. The summed E-state index contributed by atoms with van der Waals surface area (Å²) in [5.41, 5.74) is 0. The molecule has 1 aliphatic carbocycles. The number of halogens is 1. The van der Waals surface area contributed by atoms with Crippen molar-refractivity contribution in [3.63, 3.8) is 0 Å². The van der Waals surface area contributed by atoms with E-state index in [-0.39, 0.29) is 22.4 Å². The van der Waals surface area contributed by atoms with Crippen LogP contribution >= 0.6 is 11.6 Å². The fourth-order valence-corrected chi connectivity index (χ4v) is 3.81. The van der Waals surface area contributed by atoms with Gasteiger partial charge in [-0.3, -0.25) is 0 Å². The van der Waals surface area contributed by atoms with Crippen LogP contribution in [0.2, 0.25) is 18.1 Å². The lowest BCUT2D eigenvalue weighted by atomic mass is 9.88. The van der Waals surface area contributed by atoms with Crippen LogP contribution in [-0.2, 0) is 9.22 Å². The summed E-state index contributed by atoms with van der Waals surface area (Å²) in [5, 5.41) is 0.207. The Morgan fingerprint density at radius 2 is 1.88 bits per heavy atom. The van der Waals surface area contributed by atoms with Crippen LogP contribution in [0.25, 0.3) is 0 Å². The molecule has 1 aliphatic rings. The Bertz CT molecular complexity index is 273. The van der Waals surface area contributed by atoms with Crippen molar-refractivity contribution in [3.8, 4) is 0 Å². The Hall–Kier alpha value is 0.137. The second-order valence-corrected chi connectivity index (χ2v) is 12.0. The topological polar surface area (TPSA) is 26.3 Å². The Morgan fingerprint density at radius 1 is 1.29 bits per heavy atom. The third-order valence-corrected chi connectivity index (χ3v) is 9.16. The summed E-state index contributed by atoms with van der Waals surface area (Å²) in [6, 6.07) is 0. The molecule has 0 N–H and O–H groups in total. The SMILES string of the molecule is CC(C)(C)[Si](C)(C)OC1CCC(C=O)CC1Cl. The fourth-order valence-electron chi connectivity index (χ4n) is 1.93. The van der Waals surface area contributed by atoms with E-state index >= 15 is 0 Å². The predicted molar refractivity (Wildman–Crippen MR) is 75.1 cm³/mol. The first-order chi connectivity index (χ1) is 7.67. The van der Waals surface area contributed by atoms with Gasteiger partial charge in [0.05, 0.1) is 11.5 Å². The third-order valence-electron chi connectivity index (χ3n) is 4.20. The van der Waals surface area contributed by atoms with Crippen molar-refractivity contribution in [2.75, 3.05) is 0 Å². The zero-order valence-corrected chi connectivity index (χ0v) is 13.4. The Balaban J connectivity index is 2.61. The minimum absolute atomic E-state index is 0.00641. The quantitative estimate of drug-likeness (QED) is 0.443. The highest BCUT2D eigenvalue weighted by atomic mass is 35.5. The summed E-state index contributed by atoms with van der Waals surface area (Å²) in [7, 11) is -1.74. The Labute approximate surface area is 111 Å². The van der Waals surface area contributed by atoms with Gasteiger partial charge in [0, 0.05) is 5.92 Å². The van der Waals surface area contributed by atoms with Crippen molar-refractivity contribution in [2.45, 2.75) is 69.6 Å². The van der Waals surface area contributed by atoms with E-state index in [0.29, 0.717) is 0 Å². The largest absolute Gasteiger partial charge is 0.412 e. The van der Waals surface area contributed by atoms with Gasteiger partial charge in [-0.05, 0) is 37.4 Å². The maximum atomic E-state index is 10.8. The van der Waals surface area contributed by atoms with E-state index in [0.717, 1.165) is 25.5 Å². The molecule has 0 aliphatic heterocycles. The van der Waals surface area contributed by atoms with Gasteiger partial charge in [-0.2, -0.15) is 0 Å². The number of alkyl halides is 1. The molecule has 0 radical (unpaired) electrons. The molecule has 0 amide bonds. The van der Waals surface area contributed by atoms with E-state index in [9.17, 15) is 4.79 Å². The van der Waals surface area contributed by atoms with E-state index in [2.05, 4.69) is 33.9 Å². The molecule has 17 heavy (non-hydrogen) atoms. The lowest BCUT2D eigenvalue weighted by Crippen LogP contribution is -2.47. The molecule has 0 bridgehead atoms. The monoisotopic (exact) mass is 276 g/mol. The first-order valence-corrected chi connectivity index (χ1v) is 9.79. The first kappa shape index (κ1) is 15.2. The highest BCUT2D eigenvalue weighted by Crippen LogP contribution is 2.40. The highest BCUT2D eigenvalue weighted by molar-refractivity contribution is 6.74. The minimum Gasteiger partial charge on any atom is -0.412 e. The van der Waals surface area contributed by atoms with Crippen LogP contribution in [0, 0.1) is 5.92 Å². The van der Waals surface area contributed by atoms with Gasteiger partial charge < -0.3 is 9.22 Å². The van der Waals surface area contributed by atoms with E-state index in [1.165, 1.54) is 0 Å². The van der Waals surface area contributed by atoms with Gasteiger partial charge in [0.2, 0.25) is 0 Å². The smallest absolute Gasteiger partial charge is 0.192 e. The zero-order chi connectivity index (χ0) is 13.3. The summed E-state index contributed by atoms with van der Waals surface area (Å²) in [5.74, 6) is 0.136. The van der Waals surface area contributed by atoms with Crippen LogP contribution in [0.15, 0.2) is 0 Å². The molecule has 4 heteroatoms. The van der Waals surface area contributed by atoms with Crippen LogP contribution < -0.4 is 0 Å². The predicted octanol–water partition coefficient (Wildman–Crippen LogP) is 3.98. The van der Waals surface area contributed by atoms with Crippen LogP contribution in [-0.4, -0.2) is 26.1 Å². The molecule has 0 aromatic carbocycles. The van der Waals surface area contributed by atoms with Gasteiger partial charge in [0.15, 0.2) is 8.32 Å². The van der Waals surface area contributed by atoms with Crippen molar-refractivity contribution >= 4 is 26.2 Å². The minimum atomic E-state index is -1.74. The summed E-state index contributed by atoms with van der Waals surface area (Å²) >= 11 is 6.35. The average molecular weight is 277 g/mol. The Morgan fingerprint density at radius 3 is 2.29 bits per heavy atom. The van der Waals surface area contributed by atoms with Crippen LogP contribution in [0.1, 0.15) is 40.0 Å². The zero-order valence-electron chi connectivity index (χ0n) is 11.6. The molecule has 3 atom stereocenters. The molecule has 0 aromatic heterocycles. The van der Waals surface area contributed by atoms with Crippen molar-refractivity contribution in [1.29, 1.82) is 0 Å². The van der Waals surface area contributed by atoms with Gasteiger partial charge >= 0.3 is 0 Å². The number of carbonyl (C=O) groups excluding carboxylic acids is 1. The molecule has 0 aromatic rings. The molecule has 0 spiro atoms. The maximum Gasteiger partial charge on any atom is 0.192 e. The molecule has 100 valence electrons. The van der Waals surface area contributed by atoms with Gasteiger partial charge in [-0.1, -0.05) is 20.8 Å². The number of carbonyl (C=O) groups is 1. The fraction of sp³-hybridized carbons (Fsp3) is 0.923. The van der Waals surface area contributed by atoms with E-state index in [1.807, 2.05) is 0 Å². The molecule has 0 saturated heterocycles. The van der Waals surface area contributed by atoms with Gasteiger partial charge in [0.1, 0.15) is 6.29 Å². The summed E-state index contributed by atoms with van der Waals surface area (Å²) in [6.45, 7) is 11.2. The van der Waals surface area contributed by atoms with Crippen molar-refractivity contribution in [2.24, 2.45) is 5.92 Å². The van der Waals surface area contributed by atoms with Gasteiger partial charge in [-0.25, -0.2) is 0 Å². The van der Waals surface area contributed by atoms with Crippen molar-refractivity contribution < 1.29 is 9.22 Å². The number of rotatable bonds is 3. The van der Waals surface area contributed by atoms with Crippen molar-refractivity contribution in [1.82, 2.24) is 0 Å².